The van der Waals surface area contributed by atoms with Gasteiger partial charge in [0.05, 0.1) is 12.0 Å². The highest BCUT2D eigenvalue weighted by Crippen LogP contribution is 2.22. The lowest BCUT2D eigenvalue weighted by Crippen LogP contribution is -2.42. The number of rotatable bonds is 6. The summed E-state index contributed by atoms with van der Waals surface area (Å²) in [6, 6.07) is 13.3. The summed E-state index contributed by atoms with van der Waals surface area (Å²) < 4.78 is 32.5. The van der Waals surface area contributed by atoms with Crippen molar-refractivity contribution in [3.63, 3.8) is 0 Å². The minimum atomic E-state index is -3.62. The van der Waals surface area contributed by atoms with Crippen molar-refractivity contribution in [2.45, 2.75) is 31.7 Å². The van der Waals surface area contributed by atoms with Gasteiger partial charge in [0.1, 0.15) is 5.75 Å². The number of hydrogen-bond acceptors (Lipinski definition) is 4. The normalized spacial score (nSPS) is 19.8. The highest BCUT2D eigenvalue weighted by atomic mass is 32.2. The average Bonchev–Trinajstić information content (AvgIpc) is 2.71. The predicted octanol–water partition coefficient (Wildman–Crippen LogP) is 3.29. The van der Waals surface area contributed by atoms with Gasteiger partial charge in [-0.2, -0.15) is 0 Å². The monoisotopic (exact) mass is 416 g/mol. The van der Waals surface area contributed by atoms with Gasteiger partial charge in [0.15, 0.2) is 0 Å². The molecule has 1 fully saturated rings. The van der Waals surface area contributed by atoms with Gasteiger partial charge in [0, 0.05) is 25.2 Å². The summed E-state index contributed by atoms with van der Waals surface area (Å²) in [5.41, 5.74) is 1.42. The van der Waals surface area contributed by atoms with Crippen molar-refractivity contribution in [3.8, 4) is 5.75 Å². The van der Waals surface area contributed by atoms with Crippen molar-refractivity contribution in [1.29, 1.82) is 0 Å². The third-order valence-corrected chi connectivity index (χ3v) is 6.61. The average molecular weight is 417 g/mol. The molecule has 1 saturated heterocycles. The minimum absolute atomic E-state index is 0.0359. The molecule has 2 unspecified atom stereocenters. The number of benzene rings is 2. The number of sulfonamides is 1. The van der Waals surface area contributed by atoms with Crippen LogP contribution in [0.15, 0.2) is 53.4 Å². The quantitative estimate of drug-likeness (QED) is 0.784. The number of carbonyl (C=O) groups excluding carboxylic acids is 1. The van der Waals surface area contributed by atoms with E-state index in [1.807, 2.05) is 4.90 Å². The lowest BCUT2D eigenvalue weighted by atomic mass is 9.91. The minimum Gasteiger partial charge on any atom is -0.497 e. The first-order valence-electron chi connectivity index (χ1n) is 9.80. The number of nitrogens with one attached hydrogen (secondary N) is 1. The van der Waals surface area contributed by atoms with E-state index in [0.29, 0.717) is 23.1 Å². The van der Waals surface area contributed by atoms with Crippen LogP contribution in [0.2, 0.25) is 0 Å². The van der Waals surface area contributed by atoms with Gasteiger partial charge in [-0.1, -0.05) is 26.0 Å². The molecule has 2 atom stereocenters. The SMILES string of the molecule is COc1ccc(S(=O)(=O)NCc2ccc(C(=O)N3CC(C)CC(C)C3)cc2)cc1. The zero-order chi connectivity index (χ0) is 21.0. The Balaban J connectivity index is 1.62. The van der Waals surface area contributed by atoms with Gasteiger partial charge >= 0.3 is 0 Å². The molecule has 0 aliphatic carbocycles. The Bertz CT molecular complexity index is 930. The zero-order valence-electron chi connectivity index (χ0n) is 17.1. The second-order valence-corrected chi connectivity index (χ2v) is 9.62. The Morgan fingerprint density at radius 3 is 2.17 bits per heavy atom. The van der Waals surface area contributed by atoms with Gasteiger partial charge in [0.2, 0.25) is 10.0 Å². The molecule has 29 heavy (non-hydrogen) atoms. The van der Waals surface area contributed by atoms with Crippen LogP contribution in [0.5, 0.6) is 5.75 Å². The highest BCUT2D eigenvalue weighted by molar-refractivity contribution is 7.89. The van der Waals surface area contributed by atoms with Gasteiger partial charge in [0.25, 0.3) is 5.91 Å². The molecular formula is C22H28N2O4S. The lowest BCUT2D eigenvalue weighted by Gasteiger charge is -2.35. The lowest BCUT2D eigenvalue weighted by molar-refractivity contribution is 0.0623. The molecule has 0 bridgehead atoms. The van der Waals surface area contributed by atoms with E-state index in [2.05, 4.69) is 18.6 Å². The van der Waals surface area contributed by atoms with Crippen LogP contribution in [-0.2, 0) is 16.6 Å². The Labute approximate surface area is 172 Å². The van der Waals surface area contributed by atoms with Gasteiger partial charge in [-0.15, -0.1) is 0 Å². The van der Waals surface area contributed by atoms with Crippen LogP contribution < -0.4 is 9.46 Å². The van der Waals surface area contributed by atoms with Gasteiger partial charge in [-0.25, -0.2) is 13.1 Å². The van der Waals surface area contributed by atoms with E-state index in [1.54, 1.807) is 36.4 Å². The van der Waals surface area contributed by atoms with Crippen LogP contribution in [-0.4, -0.2) is 39.4 Å². The standard InChI is InChI=1S/C22H28N2O4S/c1-16-12-17(2)15-24(14-16)22(25)19-6-4-18(5-7-19)13-23-29(26,27)21-10-8-20(28-3)9-11-21/h4-11,16-17,23H,12-15H2,1-3H3. The number of likely N-dealkylation sites (tertiary alicyclic amines) is 1. The van der Waals surface area contributed by atoms with Crippen LogP contribution >= 0.6 is 0 Å². The molecule has 156 valence electrons. The first-order valence-corrected chi connectivity index (χ1v) is 11.3. The number of hydrogen-bond donors (Lipinski definition) is 1. The number of piperidine rings is 1. The largest absolute Gasteiger partial charge is 0.497 e. The van der Waals surface area contributed by atoms with E-state index in [1.165, 1.54) is 19.2 Å². The predicted molar refractivity (Wildman–Crippen MR) is 112 cm³/mol. The van der Waals surface area contributed by atoms with E-state index in [0.717, 1.165) is 25.1 Å². The van der Waals surface area contributed by atoms with Crippen LogP contribution in [0.1, 0.15) is 36.2 Å². The molecule has 0 saturated carbocycles. The van der Waals surface area contributed by atoms with Crippen molar-refractivity contribution >= 4 is 15.9 Å². The van der Waals surface area contributed by atoms with Crippen LogP contribution in [0, 0.1) is 11.8 Å². The summed E-state index contributed by atoms with van der Waals surface area (Å²) in [5, 5.41) is 0. The van der Waals surface area contributed by atoms with Gasteiger partial charge in [-0.3, -0.25) is 4.79 Å². The highest BCUT2D eigenvalue weighted by Gasteiger charge is 2.26. The molecule has 2 aromatic rings. The topological polar surface area (TPSA) is 75.7 Å². The molecule has 1 N–H and O–H groups in total. The Hall–Kier alpha value is -2.38. The number of ether oxygens (including phenoxy) is 1. The second-order valence-electron chi connectivity index (χ2n) is 7.85. The van der Waals surface area contributed by atoms with E-state index in [4.69, 9.17) is 4.74 Å². The summed E-state index contributed by atoms with van der Waals surface area (Å²) in [4.78, 5) is 14.9. The Morgan fingerprint density at radius 2 is 1.62 bits per heavy atom. The van der Waals surface area contributed by atoms with Gasteiger partial charge < -0.3 is 9.64 Å². The number of carbonyl (C=O) groups is 1. The molecule has 1 amide bonds. The molecule has 6 nitrogen and oxygen atoms in total. The van der Waals surface area contributed by atoms with E-state index in [-0.39, 0.29) is 17.3 Å². The van der Waals surface area contributed by atoms with Crippen LogP contribution in [0.3, 0.4) is 0 Å². The fourth-order valence-corrected chi connectivity index (χ4v) is 4.81. The Morgan fingerprint density at radius 1 is 1.03 bits per heavy atom. The third kappa shape index (κ3) is 5.36. The Kier molecular flexibility index (Phi) is 6.59. The smallest absolute Gasteiger partial charge is 0.253 e. The van der Waals surface area contributed by atoms with E-state index >= 15 is 0 Å². The first-order chi connectivity index (χ1) is 13.8. The molecule has 0 radical (unpaired) electrons. The number of nitrogens with zero attached hydrogens (tertiary/aromatic N) is 1. The van der Waals surface area contributed by atoms with Crippen molar-refractivity contribution in [2.24, 2.45) is 11.8 Å². The molecule has 3 rings (SSSR count). The summed E-state index contributed by atoms with van der Waals surface area (Å²) >= 11 is 0. The maximum atomic E-state index is 12.8. The second kappa shape index (κ2) is 8.97. The number of methoxy groups -OCH3 is 1. The molecule has 2 aromatic carbocycles. The number of amides is 1. The summed E-state index contributed by atoms with van der Waals surface area (Å²) in [6.07, 6.45) is 1.15. The molecule has 1 heterocycles. The first kappa shape index (κ1) is 21.3. The molecular weight excluding hydrogens is 388 g/mol. The van der Waals surface area contributed by atoms with Crippen LogP contribution in [0.25, 0.3) is 0 Å². The molecule has 1 aliphatic rings. The van der Waals surface area contributed by atoms with Crippen molar-refractivity contribution in [1.82, 2.24) is 9.62 Å². The van der Waals surface area contributed by atoms with Crippen molar-refractivity contribution in [2.75, 3.05) is 20.2 Å². The zero-order valence-corrected chi connectivity index (χ0v) is 17.9. The summed E-state index contributed by atoms with van der Waals surface area (Å²) in [6.45, 7) is 6.07. The maximum absolute atomic E-state index is 12.8. The summed E-state index contributed by atoms with van der Waals surface area (Å²) in [5.74, 6) is 1.65. The van der Waals surface area contributed by atoms with Gasteiger partial charge in [-0.05, 0) is 60.2 Å². The fraction of sp³-hybridized carbons (Fsp3) is 0.409. The van der Waals surface area contributed by atoms with E-state index < -0.39 is 10.0 Å². The van der Waals surface area contributed by atoms with Crippen molar-refractivity contribution in [3.05, 3.63) is 59.7 Å². The van der Waals surface area contributed by atoms with Crippen LogP contribution in [0.4, 0.5) is 0 Å². The summed E-state index contributed by atoms with van der Waals surface area (Å²) in [7, 11) is -2.09. The molecule has 0 aromatic heterocycles. The fourth-order valence-electron chi connectivity index (χ4n) is 3.79. The molecule has 7 heteroatoms. The van der Waals surface area contributed by atoms with E-state index in [9.17, 15) is 13.2 Å². The maximum Gasteiger partial charge on any atom is 0.253 e. The molecule has 0 spiro atoms. The molecule has 1 aliphatic heterocycles. The third-order valence-electron chi connectivity index (χ3n) is 5.19. The van der Waals surface area contributed by atoms with Crippen molar-refractivity contribution < 1.29 is 17.9 Å².